The minimum atomic E-state index is -0.438. The maximum Gasteiger partial charge on any atom is 0.409 e. The van der Waals surface area contributed by atoms with Gasteiger partial charge in [-0.2, -0.15) is 0 Å². The molecule has 0 spiro atoms. The topological polar surface area (TPSA) is 55.8 Å². The van der Waals surface area contributed by atoms with Crippen molar-refractivity contribution in [1.29, 1.82) is 0 Å². The second-order valence-corrected chi connectivity index (χ2v) is 4.49. The third-order valence-corrected chi connectivity index (χ3v) is 2.44. The molecule has 0 N–H and O–H groups in total. The maximum absolute atomic E-state index is 11.7. The zero-order chi connectivity index (χ0) is 14.8. The summed E-state index contributed by atoms with van der Waals surface area (Å²) in [6.45, 7) is 11.9. The van der Waals surface area contributed by atoms with E-state index in [4.69, 9.17) is 9.47 Å². The van der Waals surface area contributed by atoms with E-state index in [1.807, 2.05) is 6.92 Å². The van der Waals surface area contributed by atoms with Crippen LogP contribution in [0.2, 0.25) is 0 Å². The number of amides is 1. The van der Waals surface area contributed by atoms with Crippen molar-refractivity contribution in [2.75, 3.05) is 19.7 Å². The van der Waals surface area contributed by atoms with E-state index in [-0.39, 0.29) is 12.2 Å². The molecule has 0 aliphatic rings. The Bertz CT molecular complexity index is 315. The summed E-state index contributed by atoms with van der Waals surface area (Å²) in [4.78, 5) is 24.7. The number of carbonyl (C=O) groups is 2. The zero-order valence-corrected chi connectivity index (χ0v) is 12.4. The fourth-order valence-electron chi connectivity index (χ4n) is 1.45. The molecule has 0 bridgehead atoms. The number of nitrogens with zero attached hydrogens (tertiary/aromatic N) is 1. The standard InChI is InChI=1S/C14H25NO4/c1-6-8-9-15(14(17)18-7-2)10-12(5)19-13(16)11(3)4/h12H,3,6-10H2,1-2,4-5H3. The number of rotatable bonds is 8. The van der Waals surface area contributed by atoms with Gasteiger partial charge in [-0.25, -0.2) is 9.59 Å². The minimum Gasteiger partial charge on any atom is -0.457 e. The lowest BCUT2D eigenvalue weighted by Gasteiger charge is -2.25. The van der Waals surface area contributed by atoms with Crippen LogP contribution in [0.5, 0.6) is 0 Å². The Morgan fingerprint density at radius 3 is 2.42 bits per heavy atom. The summed E-state index contributed by atoms with van der Waals surface area (Å²) >= 11 is 0. The molecule has 19 heavy (non-hydrogen) atoms. The van der Waals surface area contributed by atoms with Gasteiger partial charge >= 0.3 is 12.1 Å². The highest BCUT2D eigenvalue weighted by Gasteiger charge is 2.19. The van der Waals surface area contributed by atoms with Gasteiger partial charge < -0.3 is 14.4 Å². The van der Waals surface area contributed by atoms with Crippen LogP contribution in [0.25, 0.3) is 0 Å². The van der Waals surface area contributed by atoms with Crippen LogP contribution in [0, 0.1) is 0 Å². The maximum atomic E-state index is 11.7. The van der Waals surface area contributed by atoms with Crippen LogP contribution >= 0.6 is 0 Å². The average molecular weight is 271 g/mol. The molecule has 5 nitrogen and oxygen atoms in total. The van der Waals surface area contributed by atoms with Gasteiger partial charge in [0.25, 0.3) is 0 Å². The highest BCUT2D eigenvalue weighted by Crippen LogP contribution is 2.05. The largest absolute Gasteiger partial charge is 0.457 e. The van der Waals surface area contributed by atoms with Gasteiger partial charge in [0.1, 0.15) is 6.10 Å². The van der Waals surface area contributed by atoms with Crippen LogP contribution in [0.4, 0.5) is 4.79 Å². The minimum absolute atomic E-state index is 0.331. The van der Waals surface area contributed by atoms with Crippen LogP contribution in [0.1, 0.15) is 40.5 Å². The number of ether oxygens (including phenoxy) is 2. The number of esters is 1. The average Bonchev–Trinajstić information content (AvgIpc) is 2.34. The van der Waals surface area contributed by atoms with Crippen molar-refractivity contribution in [2.45, 2.75) is 46.6 Å². The van der Waals surface area contributed by atoms with E-state index in [2.05, 4.69) is 6.58 Å². The molecule has 0 rings (SSSR count). The first-order chi connectivity index (χ1) is 8.92. The van der Waals surface area contributed by atoms with Crippen molar-refractivity contribution in [2.24, 2.45) is 0 Å². The molecule has 0 aliphatic carbocycles. The molecule has 5 heteroatoms. The molecule has 110 valence electrons. The van der Waals surface area contributed by atoms with E-state index >= 15 is 0 Å². The fraction of sp³-hybridized carbons (Fsp3) is 0.714. The van der Waals surface area contributed by atoms with Crippen molar-refractivity contribution in [3.63, 3.8) is 0 Å². The summed E-state index contributed by atoms with van der Waals surface area (Å²) in [6, 6.07) is 0. The first-order valence-electron chi connectivity index (χ1n) is 6.70. The Hall–Kier alpha value is -1.52. The van der Waals surface area contributed by atoms with Gasteiger partial charge in [0.2, 0.25) is 0 Å². The van der Waals surface area contributed by atoms with Gasteiger partial charge in [0, 0.05) is 12.1 Å². The molecule has 0 aromatic heterocycles. The van der Waals surface area contributed by atoms with Gasteiger partial charge in [-0.1, -0.05) is 19.9 Å². The second kappa shape index (κ2) is 9.42. The molecule has 0 radical (unpaired) electrons. The molecule has 0 fully saturated rings. The van der Waals surface area contributed by atoms with E-state index in [0.717, 1.165) is 12.8 Å². The highest BCUT2D eigenvalue weighted by atomic mass is 16.6. The Labute approximate surface area is 115 Å². The highest BCUT2D eigenvalue weighted by molar-refractivity contribution is 5.87. The summed E-state index contributed by atoms with van der Waals surface area (Å²) in [5.41, 5.74) is 0.350. The third-order valence-electron chi connectivity index (χ3n) is 2.44. The smallest absolute Gasteiger partial charge is 0.409 e. The van der Waals surface area contributed by atoms with E-state index in [1.165, 1.54) is 0 Å². The van der Waals surface area contributed by atoms with Crippen molar-refractivity contribution >= 4 is 12.1 Å². The molecule has 0 aliphatic heterocycles. The molecule has 1 unspecified atom stereocenters. The molecule has 0 aromatic carbocycles. The molecule has 1 atom stereocenters. The Balaban J connectivity index is 4.40. The van der Waals surface area contributed by atoms with Crippen LogP contribution in [-0.4, -0.2) is 42.8 Å². The SMILES string of the molecule is C=C(C)C(=O)OC(C)CN(CCCC)C(=O)OCC. The Morgan fingerprint density at radius 2 is 1.95 bits per heavy atom. The molecule has 0 aromatic rings. The van der Waals surface area contributed by atoms with Gasteiger partial charge in [0.05, 0.1) is 13.2 Å². The molecule has 0 saturated heterocycles. The zero-order valence-electron chi connectivity index (χ0n) is 12.4. The van der Waals surface area contributed by atoms with E-state index in [0.29, 0.717) is 25.3 Å². The van der Waals surface area contributed by atoms with Crippen molar-refractivity contribution in [3.05, 3.63) is 12.2 Å². The van der Waals surface area contributed by atoms with Gasteiger partial charge in [-0.05, 0) is 27.2 Å². The number of hydrogen-bond acceptors (Lipinski definition) is 4. The Kier molecular flexibility index (Phi) is 8.66. The van der Waals surface area contributed by atoms with E-state index < -0.39 is 5.97 Å². The molecule has 1 amide bonds. The van der Waals surface area contributed by atoms with Crippen LogP contribution in [-0.2, 0) is 14.3 Å². The van der Waals surface area contributed by atoms with Crippen LogP contribution in [0.3, 0.4) is 0 Å². The van der Waals surface area contributed by atoms with E-state index in [1.54, 1.807) is 25.7 Å². The predicted molar refractivity (Wildman–Crippen MR) is 73.9 cm³/mol. The van der Waals surface area contributed by atoms with Crippen molar-refractivity contribution in [3.8, 4) is 0 Å². The monoisotopic (exact) mass is 271 g/mol. The quantitative estimate of drug-likeness (QED) is 0.503. The first kappa shape index (κ1) is 17.5. The number of unbranched alkanes of at least 4 members (excludes halogenated alkanes) is 1. The lowest BCUT2D eigenvalue weighted by atomic mass is 10.3. The lowest BCUT2D eigenvalue weighted by molar-refractivity contribution is -0.144. The van der Waals surface area contributed by atoms with Crippen LogP contribution < -0.4 is 0 Å². The third kappa shape index (κ3) is 7.49. The molecule has 0 saturated carbocycles. The first-order valence-corrected chi connectivity index (χ1v) is 6.70. The molecule has 0 heterocycles. The fourth-order valence-corrected chi connectivity index (χ4v) is 1.45. The summed E-state index contributed by atoms with van der Waals surface area (Å²) in [7, 11) is 0. The summed E-state index contributed by atoms with van der Waals surface area (Å²) < 4.78 is 10.1. The van der Waals surface area contributed by atoms with Gasteiger partial charge in [0.15, 0.2) is 0 Å². The normalized spacial score (nSPS) is 11.6. The lowest BCUT2D eigenvalue weighted by Crippen LogP contribution is -2.39. The van der Waals surface area contributed by atoms with Crippen LogP contribution in [0.15, 0.2) is 12.2 Å². The number of carbonyl (C=O) groups excluding carboxylic acids is 2. The predicted octanol–water partition coefficient (Wildman–Crippen LogP) is 2.75. The number of hydrogen-bond donors (Lipinski definition) is 0. The van der Waals surface area contributed by atoms with Gasteiger partial charge in [-0.3, -0.25) is 0 Å². The van der Waals surface area contributed by atoms with Gasteiger partial charge in [-0.15, -0.1) is 0 Å². The molecular weight excluding hydrogens is 246 g/mol. The van der Waals surface area contributed by atoms with Crippen molar-refractivity contribution in [1.82, 2.24) is 4.90 Å². The Morgan fingerprint density at radius 1 is 1.32 bits per heavy atom. The van der Waals surface area contributed by atoms with E-state index in [9.17, 15) is 9.59 Å². The second-order valence-electron chi connectivity index (χ2n) is 4.49. The summed E-state index contributed by atoms with van der Waals surface area (Å²) in [5.74, 6) is -0.438. The summed E-state index contributed by atoms with van der Waals surface area (Å²) in [5, 5.41) is 0. The molecular formula is C14H25NO4. The van der Waals surface area contributed by atoms with Crippen molar-refractivity contribution < 1.29 is 19.1 Å². The summed E-state index contributed by atoms with van der Waals surface area (Å²) in [6.07, 6.45) is 1.12.